The van der Waals surface area contributed by atoms with Gasteiger partial charge in [-0.15, -0.1) is 0 Å². The van der Waals surface area contributed by atoms with Crippen LogP contribution in [0.3, 0.4) is 0 Å². The van der Waals surface area contributed by atoms with E-state index in [4.69, 9.17) is 4.74 Å². The molecule has 27 heavy (non-hydrogen) atoms. The molecule has 0 radical (unpaired) electrons. The average Bonchev–Trinajstić information content (AvgIpc) is 2.64. The topological polar surface area (TPSA) is 67.4 Å². The van der Waals surface area contributed by atoms with Crippen molar-refractivity contribution >= 4 is 28.6 Å². The van der Waals surface area contributed by atoms with E-state index in [0.717, 1.165) is 35.8 Å². The first-order valence-electron chi connectivity index (χ1n) is 8.43. The third-order valence-corrected chi connectivity index (χ3v) is 4.90. The summed E-state index contributed by atoms with van der Waals surface area (Å²) in [5.74, 6) is -0.211. The highest BCUT2D eigenvalue weighted by Crippen LogP contribution is 2.25. The van der Waals surface area contributed by atoms with Crippen molar-refractivity contribution in [1.82, 2.24) is 20.2 Å². The Morgan fingerprint density at radius 2 is 1.96 bits per heavy atom. The number of hydrogen-bond acceptors (Lipinski definition) is 6. The summed E-state index contributed by atoms with van der Waals surface area (Å²) in [6.45, 7) is 2.13. The van der Waals surface area contributed by atoms with Crippen molar-refractivity contribution in [3.63, 3.8) is 0 Å². The van der Waals surface area contributed by atoms with Gasteiger partial charge in [0, 0.05) is 18.5 Å². The minimum Gasteiger partial charge on any atom is -0.379 e. The van der Waals surface area contributed by atoms with Gasteiger partial charge >= 0.3 is 6.18 Å². The molecule has 146 valence electrons. The second kappa shape index (κ2) is 8.85. The monoisotopic (exact) mass is 400 g/mol. The van der Waals surface area contributed by atoms with Crippen LogP contribution >= 0.6 is 11.8 Å². The molecule has 0 atom stereocenters. The SMILES string of the molecule is O=C(CSc1nc(CN2CCOCC2)nc2ccccc12)NCC(F)(F)F. The molecule has 3 rings (SSSR count). The van der Waals surface area contributed by atoms with Gasteiger partial charge < -0.3 is 10.1 Å². The summed E-state index contributed by atoms with van der Waals surface area (Å²) in [6.07, 6.45) is -4.42. The van der Waals surface area contributed by atoms with Crippen molar-refractivity contribution < 1.29 is 22.7 Å². The van der Waals surface area contributed by atoms with Gasteiger partial charge in [0.1, 0.15) is 17.4 Å². The lowest BCUT2D eigenvalue weighted by molar-refractivity contribution is -0.136. The van der Waals surface area contributed by atoms with Gasteiger partial charge in [-0.05, 0) is 6.07 Å². The molecule has 0 spiro atoms. The number of para-hydroxylation sites is 1. The third-order valence-electron chi connectivity index (χ3n) is 3.91. The fraction of sp³-hybridized carbons (Fsp3) is 0.471. The van der Waals surface area contributed by atoms with Gasteiger partial charge in [0.05, 0.1) is 31.0 Å². The standard InChI is InChI=1S/C17H19F3N4O2S/c18-17(19,20)11-21-15(25)10-27-16-12-3-1-2-4-13(12)22-14(23-16)9-24-5-7-26-8-6-24/h1-4H,5-11H2,(H,21,25). The molecule has 1 aliphatic heterocycles. The quantitative estimate of drug-likeness (QED) is 0.593. The largest absolute Gasteiger partial charge is 0.405 e. The highest BCUT2D eigenvalue weighted by Gasteiger charge is 2.27. The number of aromatic nitrogens is 2. The molecular formula is C17H19F3N4O2S. The molecule has 1 N–H and O–H groups in total. The van der Waals surface area contributed by atoms with E-state index < -0.39 is 18.6 Å². The molecule has 0 aliphatic carbocycles. The van der Waals surface area contributed by atoms with Gasteiger partial charge in [-0.2, -0.15) is 13.2 Å². The fourth-order valence-corrected chi connectivity index (χ4v) is 3.49. The number of hydrogen-bond donors (Lipinski definition) is 1. The molecule has 1 aliphatic rings. The van der Waals surface area contributed by atoms with E-state index in [1.807, 2.05) is 29.6 Å². The summed E-state index contributed by atoms with van der Waals surface area (Å²) >= 11 is 1.11. The number of thioether (sulfide) groups is 1. The Bertz CT molecular complexity index is 797. The van der Waals surface area contributed by atoms with E-state index in [1.165, 1.54) is 0 Å². The number of alkyl halides is 3. The van der Waals surface area contributed by atoms with Gasteiger partial charge in [0.25, 0.3) is 0 Å². The van der Waals surface area contributed by atoms with Gasteiger partial charge in [-0.1, -0.05) is 30.0 Å². The van der Waals surface area contributed by atoms with Crippen LogP contribution in [0.1, 0.15) is 5.82 Å². The van der Waals surface area contributed by atoms with Crippen molar-refractivity contribution in [2.75, 3.05) is 38.6 Å². The van der Waals surface area contributed by atoms with Crippen LogP contribution in [0.15, 0.2) is 29.3 Å². The maximum absolute atomic E-state index is 12.2. The predicted molar refractivity (Wildman–Crippen MR) is 95.4 cm³/mol. The van der Waals surface area contributed by atoms with Crippen LogP contribution in [-0.2, 0) is 16.1 Å². The molecule has 2 heterocycles. The fourth-order valence-electron chi connectivity index (χ4n) is 2.62. The van der Waals surface area contributed by atoms with E-state index in [2.05, 4.69) is 14.9 Å². The molecular weight excluding hydrogens is 381 g/mol. The lowest BCUT2D eigenvalue weighted by Gasteiger charge is -2.25. The molecule has 1 aromatic heterocycles. The molecule has 6 nitrogen and oxygen atoms in total. The number of nitrogens with zero attached hydrogens (tertiary/aromatic N) is 3. The van der Waals surface area contributed by atoms with Crippen LogP contribution < -0.4 is 5.32 Å². The highest BCUT2D eigenvalue weighted by atomic mass is 32.2. The second-order valence-electron chi connectivity index (χ2n) is 6.03. The van der Waals surface area contributed by atoms with E-state index in [9.17, 15) is 18.0 Å². The minimum atomic E-state index is -4.42. The Balaban J connectivity index is 1.71. The number of nitrogens with one attached hydrogen (secondary N) is 1. The molecule has 1 amide bonds. The number of carbonyl (C=O) groups excluding carboxylic acids is 1. The Labute approximate surface area is 158 Å². The maximum Gasteiger partial charge on any atom is 0.405 e. The number of rotatable bonds is 6. The second-order valence-corrected chi connectivity index (χ2v) is 7.00. The first-order chi connectivity index (χ1) is 12.9. The van der Waals surface area contributed by atoms with E-state index in [0.29, 0.717) is 30.6 Å². The highest BCUT2D eigenvalue weighted by molar-refractivity contribution is 8.00. The van der Waals surface area contributed by atoms with E-state index >= 15 is 0 Å². The number of morpholine rings is 1. The number of amides is 1. The Hall–Kier alpha value is -1.91. The number of carbonyl (C=O) groups is 1. The smallest absolute Gasteiger partial charge is 0.379 e. The molecule has 0 bridgehead atoms. The van der Waals surface area contributed by atoms with Crippen molar-refractivity contribution in [3.05, 3.63) is 30.1 Å². The normalized spacial score (nSPS) is 15.8. The van der Waals surface area contributed by atoms with Crippen molar-refractivity contribution in [2.45, 2.75) is 17.7 Å². The summed E-state index contributed by atoms with van der Waals surface area (Å²) in [5.41, 5.74) is 0.744. The zero-order valence-electron chi connectivity index (χ0n) is 14.5. The molecule has 10 heteroatoms. The van der Waals surface area contributed by atoms with Crippen LogP contribution in [0.4, 0.5) is 13.2 Å². The molecule has 0 saturated carbocycles. The number of ether oxygens (including phenoxy) is 1. The van der Waals surface area contributed by atoms with Gasteiger partial charge in [-0.3, -0.25) is 9.69 Å². The Kier molecular flexibility index (Phi) is 6.51. The Morgan fingerprint density at radius 1 is 1.22 bits per heavy atom. The van der Waals surface area contributed by atoms with E-state index in [1.54, 1.807) is 0 Å². The zero-order valence-corrected chi connectivity index (χ0v) is 15.3. The van der Waals surface area contributed by atoms with Crippen LogP contribution in [0, 0.1) is 0 Å². The summed E-state index contributed by atoms with van der Waals surface area (Å²) in [6, 6.07) is 7.39. The lowest BCUT2D eigenvalue weighted by Crippen LogP contribution is -2.36. The Morgan fingerprint density at radius 3 is 2.70 bits per heavy atom. The van der Waals surface area contributed by atoms with E-state index in [-0.39, 0.29) is 5.75 Å². The van der Waals surface area contributed by atoms with Crippen molar-refractivity contribution in [1.29, 1.82) is 0 Å². The number of benzene rings is 1. The summed E-state index contributed by atoms with van der Waals surface area (Å²) in [5, 5.41) is 3.23. The van der Waals surface area contributed by atoms with Gasteiger partial charge in [0.2, 0.25) is 5.91 Å². The lowest BCUT2D eigenvalue weighted by atomic mass is 10.2. The van der Waals surface area contributed by atoms with Gasteiger partial charge in [-0.25, -0.2) is 9.97 Å². The first-order valence-corrected chi connectivity index (χ1v) is 9.41. The maximum atomic E-state index is 12.2. The van der Waals surface area contributed by atoms with Crippen LogP contribution in [0.25, 0.3) is 10.9 Å². The summed E-state index contributed by atoms with van der Waals surface area (Å²) in [7, 11) is 0. The molecule has 2 aromatic rings. The number of halogens is 3. The summed E-state index contributed by atoms with van der Waals surface area (Å²) in [4.78, 5) is 23.0. The van der Waals surface area contributed by atoms with Crippen molar-refractivity contribution in [3.8, 4) is 0 Å². The van der Waals surface area contributed by atoms with Crippen LogP contribution in [-0.4, -0.2) is 65.6 Å². The average molecular weight is 400 g/mol. The molecule has 1 fully saturated rings. The molecule has 0 unspecified atom stereocenters. The third kappa shape index (κ3) is 6.05. The minimum absolute atomic E-state index is 0.145. The summed E-state index contributed by atoms with van der Waals surface area (Å²) < 4.78 is 42.0. The van der Waals surface area contributed by atoms with Gasteiger partial charge in [0.15, 0.2) is 0 Å². The zero-order chi connectivity index (χ0) is 19.3. The molecule has 1 saturated heterocycles. The molecule has 1 aromatic carbocycles. The predicted octanol–water partition coefficient (Wildman–Crippen LogP) is 2.23. The first kappa shape index (κ1) is 19.8. The van der Waals surface area contributed by atoms with Crippen LogP contribution in [0.5, 0.6) is 0 Å². The van der Waals surface area contributed by atoms with Crippen LogP contribution in [0.2, 0.25) is 0 Å². The number of fused-ring (bicyclic) bond motifs is 1. The van der Waals surface area contributed by atoms with Crippen molar-refractivity contribution in [2.24, 2.45) is 0 Å².